The van der Waals surface area contributed by atoms with E-state index in [1.54, 1.807) is 0 Å². The van der Waals surface area contributed by atoms with Crippen LogP contribution in [0.25, 0.3) is 0 Å². The van der Waals surface area contributed by atoms with E-state index in [2.05, 4.69) is 5.32 Å². The molecule has 0 unspecified atom stereocenters. The molecule has 1 aromatic rings. The summed E-state index contributed by atoms with van der Waals surface area (Å²) in [6.07, 6.45) is 3.29. The van der Waals surface area contributed by atoms with Crippen LogP contribution in [0.2, 0.25) is 0 Å². The molecule has 20 heavy (non-hydrogen) atoms. The smallest absolute Gasteiger partial charge is 0.326 e. The van der Waals surface area contributed by atoms with E-state index in [1.165, 1.54) is 0 Å². The van der Waals surface area contributed by atoms with Crippen molar-refractivity contribution in [1.29, 1.82) is 0 Å². The molecule has 1 amide bonds. The molecule has 0 radical (unpaired) electrons. The number of carboxylic acid groups (broad SMARTS) is 1. The Labute approximate surface area is 120 Å². The molecule has 4 nitrogen and oxygen atoms in total. The number of benzene rings is 1. The molecule has 0 saturated carbocycles. The van der Waals surface area contributed by atoms with Crippen molar-refractivity contribution in [2.24, 2.45) is 0 Å². The molecule has 0 saturated heterocycles. The quantitative estimate of drug-likeness (QED) is 0.767. The van der Waals surface area contributed by atoms with Crippen LogP contribution in [0.5, 0.6) is 0 Å². The van der Waals surface area contributed by atoms with Gasteiger partial charge in [0.15, 0.2) is 0 Å². The lowest BCUT2D eigenvalue weighted by Gasteiger charge is -2.15. The molecule has 0 aliphatic heterocycles. The van der Waals surface area contributed by atoms with Gasteiger partial charge in [0.25, 0.3) is 0 Å². The van der Waals surface area contributed by atoms with Gasteiger partial charge in [-0.15, -0.1) is 0 Å². The minimum Gasteiger partial charge on any atom is -0.480 e. The number of hydrogen-bond acceptors (Lipinski definition) is 2. The maximum Gasteiger partial charge on any atom is 0.326 e. The van der Waals surface area contributed by atoms with E-state index in [0.717, 1.165) is 30.4 Å². The zero-order chi connectivity index (χ0) is 15.0. The fourth-order valence-electron chi connectivity index (χ4n) is 2.16. The molecule has 110 valence electrons. The largest absolute Gasteiger partial charge is 0.480 e. The van der Waals surface area contributed by atoms with Crippen LogP contribution in [-0.4, -0.2) is 23.0 Å². The van der Waals surface area contributed by atoms with Crippen LogP contribution in [0.4, 0.5) is 0 Å². The predicted molar refractivity (Wildman–Crippen MR) is 78.6 cm³/mol. The van der Waals surface area contributed by atoms with E-state index in [-0.39, 0.29) is 12.3 Å². The lowest BCUT2D eigenvalue weighted by Crippen LogP contribution is -2.41. The van der Waals surface area contributed by atoms with Gasteiger partial charge in [-0.2, -0.15) is 0 Å². The summed E-state index contributed by atoms with van der Waals surface area (Å²) < 4.78 is 0. The van der Waals surface area contributed by atoms with E-state index in [9.17, 15) is 9.59 Å². The van der Waals surface area contributed by atoms with Crippen LogP contribution in [0.15, 0.2) is 24.3 Å². The first-order valence-electron chi connectivity index (χ1n) is 7.17. The van der Waals surface area contributed by atoms with Crippen LogP contribution < -0.4 is 5.32 Å². The van der Waals surface area contributed by atoms with Gasteiger partial charge in [0.05, 0.1) is 6.42 Å². The van der Waals surface area contributed by atoms with Gasteiger partial charge in [-0.05, 0) is 24.0 Å². The van der Waals surface area contributed by atoms with Gasteiger partial charge in [0, 0.05) is 0 Å². The third-order valence-corrected chi connectivity index (χ3v) is 3.33. The molecule has 0 spiro atoms. The standard InChI is InChI=1S/C16H23NO3/c1-3-5-10-14(16(19)20)17-15(18)11-13-9-7-6-8-12(13)4-2/h6-9,14H,3-5,10-11H2,1-2H3,(H,17,18)(H,19,20)/t14-/m0/s1. The first-order valence-corrected chi connectivity index (χ1v) is 7.17. The Balaban J connectivity index is 2.63. The second kappa shape index (κ2) is 8.35. The van der Waals surface area contributed by atoms with Crippen LogP contribution in [0, 0.1) is 0 Å². The molecular weight excluding hydrogens is 254 g/mol. The number of aryl methyl sites for hydroxylation is 1. The summed E-state index contributed by atoms with van der Waals surface area (Å²) in [6, 6.07) is 6.97. The SMILES string of the molecule is CCCC[C@H](NC(=O)Cc1ccccc1CC)C(=O)O. The first kappa shape index (κ1) is 16.2. The van der Waals surface area contributed by atoms with E-state index in [4.69, 9.17) is 5.11 Å². The minimum absolute atomic E-state index is 0.227. The maximum atomic E-state index is 12.0. The highest BCUT2D eigenvalue weighted by Crippen LogP contribution is 2.10. The van der Waals surface area contributed by atoms with Crippen molar-refractivity contribution in [2.45, 2.75) is 52.0 Å². The van der Waals surface area contributed by atoms with Gasteiger partial charge < -0.3 is 10.4 Å². The fourth-order valence-corrected chi connectivity index (χ4v) is 2.16. The number of amides is 1. The minimum atomic E-state index is -0.962. The summed E-state index contributed by atoms with van der Waals surface area (Å²) in [5.74, 6) is -1.19. The van der Waals surface area contributed by atoms with Crippen molar-refractivity contribution in [3.63, 3.8) is 0 Å². The summed E-state index contributed by atoms with van der Waals surface area (Å²) in [4.78, 5) is 23.1. The van der Waals surface area contributed by atoms with Gasteiger partial charge >= 0.3 is 5.97 Å². The van der Waals surface area contributed by atoms with Gasteiger partial charge in [0.2, 0.25) is 5.91 Å². The van der Waals surface area contributed by atoms with Gasteiger partial charge in [0.1, 0.15) is 6.04 Å². The predicted octanol–water partition coefficient (Wildman–Crippen LogP) is 2.55. The van der Waals surface area contributed by atoms with Crippen molar-refractivity contribution in [1.82, 2.24) is 5.32 Å². The number of unbranched alkanes of at least 4 members (excludes halogenated alkanes) is 1. The number of nitrogens with one attached hydrogen (secondary N) is 1. The van der Waals surface area contributed by atoms with Gasteiger partial charge in [-0.3, -0.25) is 4.79 Å². The van der Waals surface area contributed by atoms with Crippen molar-refractivity contribution >= 4 is 11.9 Å². The first-order chi connectivity index (χ1) is 9.58. The Hall–Kier alpha value is -1.84. The molecule has 1 atom stereocenters. The van der Waals surface area contributed by atoms with E-state index < -0.39 is 12.0 Å². The highest BCUT2D eigenvalue weighted by Gasteiger charge is 2.19. The van der Waals surface area contributed by atoms with E-state index >= 15 is 0 Å². The summed E-state index contributed by atoms with van der Waals surface area (Å²) in [5.41, 5.74) is 2.09. The molecule has 0 aliphatic rings. The average Bonchev–Trinajstić information content (AvgIpc) is 2.43. The summed E-state index contributed by atoms with van der Waals surface area (Å²) in [6.45, 7) is 4.04. The molecule has 0 heterocycles. The van der Waals surface area contributed by atoms with Crippen molar-refractivity contribution in [3.05, 3.63) is 35.4 Å². The van der Waals surface area contributed by atoms with Gasteiger partial charge in [-0.25, -0.2) is 4.79 Å². The maximum absolute atomic E-state index is 12.0. The van der Waals surface area contributed by atoms with E-state index in [1.807, 2.05) is 38.1 Å². The van der Waals surface area contributed by atoms with Crippen molar-refractivity contribution in [3.8, 4) is 0 Å². The number of carbonyl (C=O) groups excluding carboxylic acids is 1. The Morgan fingerprint density at radius 1 is 1.20 bits per heavy atom. The molecule has 0 aliphatic carbocycles. The van der Waals surface area contributed by atoms with Crippen LogP contribution in [-0.2, 0) is 22.4 Å². The highest BCUT2D eigenvalue weighted by atomic mass is 16.4. The molecule has 0 fully saturated rings. The lowest BCUT2D eigenvalue weighted by molar-refractivity contribution is -0.142. The topological polar surface area (TPSA) is 66.4 Å². The average molecular weight is 277 g/mol. The molecule has 0 bridgehead atoms. The highest BCUT2D eigenvalue weighted by molar-refractivity contribution is 5.85. The zero-order valence-corrected chi connectivity index (χ0v) is 12.2. The monoisotopic (exact) mass is 277 g/mol. The fraction of sp³-hybridized carbons (Fsp3) is 0.500. The Kier molecular flexibility index (Phi) is 6.77. The molecular formula is C16H23NO3. The normalized spacial score (nSPS) is 11.9. The van der Waals surface area contributed by atoms with Crippen LogP contribution >= 0.6 is 0 Å². The number of aliphatic carboxylic acids is 1. The Morgan fingerprint density at radius 2 is 1.85 bits per heavy atom. The van der Waals surface area contributed by atoms with Crippen molar-refractivity contribution in [2.75, 3.05) is 0 Å². The third-order valence-electron chi connectivity index (χ3n) is 3.33. The number of hydrogen-bond donors (Lipinski definition) is 2. The number of carboxylic acids is 1. The molecule has 0 aromatic heterocycles. The van der Waals surface area contributed by atoms with Crippen LogP contribution in [0.3, 0.4) is 0 Å². The second-order valence-corrected chi connectivity index (χ2v) is 4.90. The molecule has 1 aromatic carbocycles. The Bertz CT molecular complexity index is 457. The Morgan fingerprint density at radius 3 is 2.40 bits per heavy atom. The molecule has 4 heteroatoms. The lowest BCUT2D eigenvalue weighted by atomic mass is 10.0. The molecule has 1 rings (SSSR count). The zero-order valence-electron chi connectivity index (χ0n) is 12.2. The third kappa shape index (κ3) is 5.03. The number of carbonyl (C=O) groups is 2. The number of rotatable bonds is 8. The van der Waals surface area contributed by atoms with Crippen molar-refractivity contribution < 1.29 is 14.7 Å². The van der Waals surface area contributed by atoms with Crippen LogP contribution in [0.1, 0.15) is 44.2 Å². The summed E-state index contributed by atoms with van der Waals surface area (Å²) in [7, 11) is 0. The summed E-state index contributed by atoms with van der Waals surface area (Å²) in [5, 5.41) is 11.7. The second-order valence-electron chi connectivity index (χ2n) is 4.90. The van der Waals surface area contributed by atoms with E-state index in [0.29, 0.717) is 6.42 Å². The summed E-state index contributed by atoms with van der Waals surface area (Å²) >= 11 is 0. The van der Waals surface area contributed by atoms with Gasteiger partial charge in [-0.1, -0.05) is 51.0 Å². The molecule has 2 N–H and O–H groups in total.